The second-order valence-corrected chi connectivity index (χ2v) is 3.48. The molecule has 0 heterocycles. The van der Waals surface area contributed by atoms with Gasteiger partial charge < -0.3 is 0 Å². The first-order valence-electron chi connectivity index (χ1n) is 7.62. The van der Waals surface area contributed by atoms with E-state index in [-0.39, 0.29) is 0 Å². The van der Waals surface area contributed by atoms with Gasteiger partial charge in [0, 0.05) is 0 Å². The molecule has 0 aromatic carbocycles. The zero-order valence-electron chi connectivity index (χ0n) is 15.0. The van der Waals surface area contributed by atoms with E-state index in [1.807, 2.05) is 30.4 Å². The van der Waals surface area contributed by atoms with Crippen molar-refractivity contribution in [3.8, 4) is 0 Å². The van der Waals surface area contributed by atoms with Crippen molar-refractivity contribution in [3.05, 3.63) is 63.3 Å². The van der Waals surface area contributed by atoms with Gasteiger partial charge in [0.25, 0.3) is 0 Å². The molecule has 120 valence electrons. The minimum atomic E-state index is 1.08. The van der Waals surface area contributed by atoms with Crippen LogP contribution in [0.25, 0.3) is 0 Å². The van der Waals surface area contributed by atoms with Gasteiger partial charge in [-0.3, -0.25) is 0 Å². The summed E-state index contributed by atoms with van der Waals surface area (Å²) in [6.07, 6.45) is 14.8. The monoisotopic (exact) mass is 280 g/mol. The van der Waals surface area contributed by atoms with Gasteiger partial charge in [-0.2, -0.15) is 0 Å². The van der Waals surface area contributed by atoms with Gasteiger partial charge in [-0.15, -0.1) is 32.9 Å². The van der Waals surface area contributed by atoms with E-state index in [1.54, 1.807) is 0 Å². The summed E-state index contributed by atoms with van der Waals surface area (Å²) < 4.78 is 0. The Bertz CT molecular complexity index is 116. The van der Waals surface area contributed by atoms with E-state index in [0.717, 1.165) is 32.1 Å². The topological polar surface area (TPSA) is 0 Å². The second-order valence-electron chi connectivity index (χ2n) is 3.48. The Morgan fingerprint density at radius 1 is 0.400 bits per heavy atom. The minimum Gasteiger partial charge on any atom is -0.103 e. The zero-order chi connectivity index (χ0) is 17.1. The molecule has 0 unspecified atom stereocenters. The van der Waals surface area contributed by atoms with E-state index in [9.17, 15) is 0 Å². The molecule has 0 saturated heterocycles. The largest absolute Gasteiger partial charge is 0.103 e. The van der Waals surface area contributed by atoms with Crippen LogP contribution in [0, 0.1) is 0 Å². The van der Waals surface area contributed by atoms with Crippen molar-refractivity contribution in [2.75, 3.05) is 0 Å². The molecule has 0 amide bonds. The summed E-state index contributed by atoms with van der Waals surface area (Å²) in [5.41, 5.74) is 0. The quantitative estimate of drug-likeness (QED) is 0.449. The normalized spacial score (nSPS) is 6.25. The maximum Gasteiger partial charge on any atom is -0.0382 e. The maximum absolute atomic E-state index is 3.48. The summed E-state index contributed by atoms with van der Waals surface area (Å²) >= 11 is 0. The Labute approximate surface area is 130 Å². The molecule has 0 heteroatoms. The third-order valence-corrected chi connectivity index (χ3v) is 1.44. The fourth-order valence-electron chi connectivity index (χ4n) is 0. The van der Waals surface area contributed by atoms with Gasteiger partial charge in [-0.1, -0.05) is 65.0 Å². The summed E-state index contributed by atoms with van der Waals surface area (Å²) in [6.45, 7) is 27.7. The molecule has 0 aliphatic carbocycles. The molecule has 0 aromatic heterocycles. The highest BCUT2D eigenvalue weighted by Crippen LogP contribution is 1.67. The lowest BCUT2D eigenvalue weighted by Gasteiger charge is -1.57. The molecule has 0 nitrogen and oxygen atoms in total. The van der Waals surface area contributed by atoms with Crippen molar-refractivity contribution in [3.63, 3.8) is 0 Å². The highest BCUT2D eigenvalue weighted by Gasteiger charge is 1.46. The van der Waals surface area contributed by atoms with Crippen molar-refractivity contribution >= 4 is 0 Å². The average molecular weight is 281 g/mol. The molecular weight excluding hydrogens is 240 g/mol. The Kier molecular flexibility index (Phi) is 102. The molecule has 0 bridgehead atoms. The van der Waals surface area contributed by atoms with E-state index < -0.39 is 0 Å². The van der Waals surface area contributed by atoms with Gasteiger partial charge in [0.15, 0.2) is 0 Å². The predicted octanol–water partition coefficient (Wildman–Crippen LogP) is 7.91. The van der Waals surface area contributed by atoms with E-state index in [0.29, 0.717) is 0 Å². The molecule has 0 aliphatic heterocycles. The van der Waals surface area contributed by atoms with Crippen LogP contribution < -0.4 is 0 Å². The fraction of sp³-hybridized carbons (Fsp3) is 0.500. The van der Waals surface area contributed by atoms with Gasteiger partial charge in [-0.25, -0.2) is 0 Å². The Morgan fingerprint density at radius 2 is 0.450 bits per heavy atom. The van der Waals surface area contributed by atoms with Gasteiger partial charge >= 0.3 is 0 Å². The van der Waals surface area contributed by atoms with E-state index in [4.69, 9.17) is 0 Å². The summed E-state index contributed by atoms with van der Waals surface area (Å²) in [4.78, 5) is 0. The van der Waals surface area contributed by atoms with Crippen molar-refractivity contribution < 1.29 is 0 Å². The molecule has 0 N–H and O–H groups in total. The van der Waals surface area contributed by atoms with Crippen LogP contribution >= 0.6 is 0 Å². The Morgan fingerprint density at radius 3 is 0.450 bits per heavy atom. The lowest BCUT2D eigenvalue weighted by Crippen LogP contribution is -1.36. The summed E-state index contributed by atoms with van der Waals surface area (Å²) in [5, 5.41) is 0. The molecule has 0 spiro atoms. The number of allylic oxidation sites excluding steroid dienone is 5. The molecule has 0 rings (SSSR count). The first-order chi connectivity index (χ1) is 9.57. The summed E-state index contributed by atoms with van der Waals surface area (Å²) in [6, 6.07) is 0. The van der Waals surface area contributed by atoms with Crippen LogP contribution in [0.5, 0.6) is 0 Å². The SMILES string of the molecule is C=CCC.C=CCC.C=CCC.C=CCC.C=CCC. The van der Waals surface area contributed by atoms with Gasteiger partial charge in [0.2, 0.25) is 0 Å². The smallest absolute Gasteiger partial charge is 0.0382 e. The lowest BCUT2D eigenvalue weighted by molar-refractivity contribution is 1.23. The maximum atomic E-state index is 3.48. The van der Waals surface area contributed by atoms with Crippen LogP contribution in [-0.2, 0) is 0 Å². The van der Waals surface area contributed by atoms with Gasteiger partial charge in [0.05, 0.1) is 0 Å². The average Bonchev–Trinajstić information content (AvgIpc) is 2.55. The molecular formula is C20H40. The van der Waals surface area contributed by atoms with Crippen LogP contribution in [0.4, 0.5) is 0 Å². The van der Waals surface area contributed by atoms with Crippen molar-refractivity contribution in [1.29, 1.82) is 0 Å². The van der Waals surface area contributed by atoms with E-state index >= 15 is 0 Å². The summed E-state index contributed by atoms with van der Waals surface area (Å²) in [7, 11) is 0. The van der Waals surface area contributed by atoms with Gasteiger partial charge in [0.1, 0.15) is 0 Å². The first kappa shape index (κ1) is 31.2. The van der Waals surface area contributed by atoms with Crippen LogP contribution in [0.1, 0.15) is 66.7 Å². The predicted molar refractivity (Wildman–Crippen MR) is 102 cm³/mol. The first-order valence-corrected chi connectivity index (χ1v) is 7.62. The van der Waals surface area contributed by atoms with Crippen LogP contribution in [0.15, 0.2) is 63.3 Å². The van der Waals surface area contributed by atoms with Crippen molar-refractivity contribution in [2.45, 2.75) is 66.7 Å². The second kappa shape index (κ2) is 65.2. The third-order valence-electron chi connectivity index (χ3n) is 1.44. The standard InChI is InChI=1S/5C4H8/c5*1-3-4-2/h5*3H,1,4H2,2H3. The molecule has 0 aromatic rings. The van der Waals surface area contributed by atoms with Crippen LogP contribution in [-0.4, -0.2) is 0 Å². The van der Waals surface area contributed by atoms with Crippen LogP contribution in [0.3, 0.4) is 0 Å². The van der Waals surface area contributed by atoms with E-state index in [2.05, 4.69) is 67.5 Å². The highest BCUT2D eigenvalue weighted by atomic mass is 13.5. The van der Waals surface area contributed by atoms with Crippen molar-refractivity contribution in [1.82, 2.24) is 0 Å². The highest BCUT2D eigenvalue weighted by molar-refractivity contribution is 4.61. The number of hydrogen-bond acceptors (Lipinski definition) is 0. The van der Waals surface area contributed by atoms with Crippen LogP contribution in [0.2, 0.25) is 0 Å². The molecule has 20 heavy (non-hydrogen) atoms. The van der Waals surface area contributed by atoms with E-state index in [1.165, 1.54) is 0 Å². The fourth-order valence-corrected chi connectivity index (χ4v) is 0. The zero-order valence-corrected chi connectivity index (χ0v) is 15.0. The Balaban J connectivity index is -0.0000000469. The van der Waals surface area contributed by atoms with Gasteiger partial charge in [-0.05, 0) is 32.1 Å². The van der Waals surface area contributed by atoms with Crippen molar-refractivity contribution in [2.24, 2.45) is 0 Å². The third kappa shape index (κ3) is 301. The molecule has 0 atom stereocenters. The Hall–Kier alpha value is -1.30. The molecule has 0 fully saturated rings. The molecule has 0 radical (unpaired) electrons. The molecule has 0 aliphatic rings. The molecule has 0 saturated carbocycles. The summed E-state index contributed by atoms with van der Waals surface area (Å²) in [5.74, 6) is 0. The number of rotatable bonds is 5. The minimum absolute atomic E-state index is 1.08. The lowest BCUT2D eigenvalue weighted by atomic mass is 10.5. The number of hydrogen-bond donors (Lipinski definition) is 0.